The van der Waals surface area contributed by atoms with Crippen molar-refractivity contribution >= 4 is 11.9 Å². The molecule has 30 heavy (non-hydrogen) atoms. The van der Waals surface area contributed by atoms with Crippen LogP contribution in [0, 0.1) is 40.9 Å². The minimum absolute atomic E-state index is 0.0299. The largest absolute Gasteiger partial charge is 0.458 e. The second-order valence-corrected chi connectivity index (χ2v) is 12.5. The Kier molecular flexibility index (Phi) is 3.96. The second kappa shape index (κ2) is 6.13. The summed E-state index contributed by atoms with van der Waals surface area (Å²) in [5.41, 5.74) is -0.764. The van der Waals surface area contributed by atoms with E-state index in [2.05, 4.69) is 13.5 Å². The lowest BCUT2D eigenvalue weighted by Gasteiger charge is -2.62. The molecule has 0 amide bonds. The molecule has 0 aromatic rings. The molecule has 4 nitrogen and oxygen atoms in total. The van der Waals surface area contributed by atoms with E-state index in [9.17, 15) is 9.59 Å². The highest BCUT2D eigenvalue weighted by Crippen LogP contribution is 2.65. The Morgan fingerprint density at radius 2 is 1.33 bits per heavy atom. The highest BCUT2D eigenvalue weighted by Gasteiger charge is 2.65. The molecule has 8 rings (SSSR count). The summed E-state index contributed by atoms with van der Waals surface area (Å²) in [6, 6.07) is 0. The van der Waals surface area contributed by atoms with Crippen LogP contribution in [0.3, 0.4) is 0 Å². The number of esters is 2. The van der Waals surface area contributed by atoms with Crippen molar-refractivity contribution in [2.45, 2.75) is 95.7 Å². The fraction of sp³-hybridized carbons (Fsp3) is 0.846. The fourth-order valence-corrected chi connectivity index (χ4v) is 9.42. The van der Waals surface area contributed by atoms with Crippen molar-refractivity contribution in [2.75, 3.05) is 0 Å². The lowest BCUT2D eigenvalue weighted by Crippen LogP contribution is -2.63. The first-order valence-corrected chi connectivity index (χ1v) is 12.3. The molecule has 0 radical (unpaired) electrons. The molecule has 8 bridgehead atoms. The van der Waals surface area contributed by atoms with Gasteiger partial charge in [0.15, 0.2) is 0 Å². The van der Waals surface area contributed by atoms with Gasteiger partial charge in [-0.2, -0.15) is 0 Å². The quantitative estimate of drug-likeness (QED) is 0.470. The maximum Gasteiger partial charge on any atom is 0.333 e. The molecule has 164 valence electrons. The summed E-state index contributed by atoms with van der Waals surface area (Å²) in [7, 11) is 0. The minimum Gasteiger partial charge on any atom is -0.458 e. The van der Waals surface area contributed by atoms with Crippen LogP contribution >= 0.6 is 0 Å². The monoisotopic (exact) mass is 412 g/mol. The van der Waals surface area contributed by atoms with E-state index in [1.807, 2.05) is 0 Å². The Morgan fingerprint density at radius 3 is 1.87 bits per heavy atom. The lowest BCUT2D eigenvalue weighted by molar-refractivity contribution is -0.236. The zero-order chi connectivity index (χ0) is 20.9. The number of rotatable bonds is 4. The Balaban J connectivity index is 1.26. The maximum atomic E-state index is 13.9. The van der Waals surface area contributed by atoms with E-state index in [4.69, 9.17) is 9.47 Å². The maximum absolute atomic E-state index is 13.9. The zero-order valence-electron chi connectivity index (χ0n) is 18.6. The third kappa shape index (κ3) is 2.70. The topological polar surface area (TPSA) is 52.6 Å². The Bertz CT molecular complexity index is 768. The average molecular weight is 413 g/mol. The van der Waals surface area contributed by atoms with Gasteiger partial charge in [0.1, 0.15) is 11.2 Å². The summed E-state index contributed by atoms with van der Waals surface area (Å²) in [5.74, 6) is 3.50. The summed E-state index contributed by atoms with van der Waals surface area (Å²) in [6.45, 7) is 7.72. The zero-order valence-corrected chi connectivity index (χ0v) is 18.6. The van der Waals surface area contributed by atoms with Crippen LogP contribution in [-0.4, -0.2) is 23.1 Å². The third-order valence-corrected chi connectivity index (χ3v) is 10.2. The van der Waals surface area contributed by atoms with Crippen molar-refractivity contribution in [3.05, 3.63) is 12.2 Å². The molecule has 0 aromatic carbocycles. The summed E-state index contributed by atoms with van der Waals surface area (Å²) in [4.78, 5) is 26.3. The Labute approximate surface area is 180 Å². The minimum atomic E-state index is -0.482. The number of hydrogen-bond acceptors (Lipinski definition) is 4. The van der Waals surface area contributed by atoms with Crippen LogP contribution in [-0.2, 0) is 19.1 Å². The van der Waals surface area contributed by atoms with Crippen LogP contribution < -0.4 is 0 Å². The molecular weight excluding hydrogens is 376 g/mol. The first kappa shape index (κ1) is 19.4. The average Bonchev–Trinajstić information content (AvgIpc) is 2.64. The summed E-state index contributed by atoms with van der Waals surface area (Å²) in [6.07, 6.45) is 11.9. The second-order valence-electron chi connectivity index (χ2n) is 12.5. The molecule has 0 N–H and O–H groups in total. The molecule has 2 unspecified atom stereocenters. The van der Waals surface area contributed by atoms with Crippen molar-refractivity contribution < 1.29 is 19.1 Å². The van der Waals surface area contributed by atoms with Crippen LogP contribution in [0.2, 0.25) is 0 Å². The molecule has 0 saturated heterocycles. The van der Waals surface area contributed by atoms with Crippen molar-refractivity contribution in [3.63, 3.8) is 0 Å². The van der Waals surface area contributed by atoms with Crippen LogP contribution in [0.15, 0.2) is 12.2 Å². The molecule has 4 heteroatoms. The molecule has 0 aromatic heterocycles. The molecule has 8 aliphatic carbocycles. The Morgan fingerprint density at radius 1 is 0.800 bits per heavy atom. The van der Waals surface area contributed by atoms with Crippen LogP contribution in [0.5, 0.6) is 0 Å². The molecule has 0 aliphatic heterocycles. The SMILES string of the molecule is C=C(C)C(=O)OC12CC3CC(C1)CC(C(=O)OC1(C)C4CC5CC(C4)CC1C5)(C3)C2. The van der Waals surface area contributed by atoms with Crippen molar-refractivity contribution in [1.82, 2.24) is 0 Å². The predicted molar refractivity (Wildman–Crippen MR) is 112 cm³/mol. The van der Waals surface area contributed by atoms with Crippen molar-refractivity contribution in [3.8, 4) is 0 Å². The predicted octanol–water partition coefficient (Wildman–Crippen LogP) is 5.20. The van der Waals surface area contributed by atoms with Crippen molar-refractivity contribution in [1.29, 1.82) is 0 Å². The first-order chi connectivity index (χ1) is 14.2. The lowest BCUT2D eigenvalue weighted by atomic mass is 9.47. The highest BCUT2D eigenvalue weighted by atomic mass is 16.6. The van der Waals surface area contributed by atoms with Gasteiger partial charge in [-0.25, -0.2) is 4.79 Å². The fourth-order valence-electron chi connectivity index (χ4n) is 9.42. The van der Waals surface area contributed by atoms with Crippen LogP contribution in [0.25, 0.3) is 0 Å². The van der Waals surface area contributed by atoms with Gasteiger partial charge in [-0.15, -0.1) is 0 Å². The van der Waals surface area contributed by atoms with E-state index in [0.717, 1.165) is 37.5 Å². The van der Waals surface area contributed by atoms with Gasteiger partial charge in [-0.3, -0.25) is 4.79 Å². The van der Waals surface area contributed by atoms with Gasteiger partial charge in [0.05, 0.1) is 5.41 Å². The summed E-state index contributed by atoms with van der Waals surface area (Å²) in [5, 5.41) is 0. The van der Waals surface area contributed by atoms with E-state index >= 15 is 0 Å². The van der Waals surface area contributed by atoms with Gasteiger partial charge < -0.3 is 9.47 Å². The molecule has 2 atom stereocenters. The van der Waals surface area contributed by atoms with Gasteiger partial charge in [-0.1, -0.05) is 6.58 Å². The Hall–Kier alpha value is -1.32. The molecule has 8 saturated carbocycles. The van der Waals surface area contributed by atoms with Gasteiger partial charge in [-0.05, 0) is 114 Å². The highest BCUT2D eigenvalue weighted by molar-refractivity contribution is 5.87. The van der Waals surface area contributed by atoms with E-state index in [1.165, 1.54) is 38.5 Å². The van der Waals surface area contributed by atoms with Gasteiger partial charge in [0.25, 0.3) is 0 Å². The van der Waals surface area contributed by atoms with Gasteiger partial charge >= 0.3 is 11.9 Å². The number of hydrogen-bond donors (Lipinski definition) is 0. The van der Waals surface area contributed by atoms with Gasteiger partial charge in [0.2, 0.25) is 0 Å². The molecule has 8 aliphatic rings. The van der Waals surface area contributed by atoms with Gasteiger partial charge in [0, 0.05) is 12.0 Å². The van der Waals surface area contributed by atoms with E-state index < -0.39 is 11.0 Å². The van der Waals surface area contributed by atoms with Crippen LogP contribution in [0.1, 0.15) is 84.5 Å². The number of carbonyl (C=O) groups excluding carboxylic acids is 2. The smallest absolute Gasteiger partial charge is 0.333 e. The summed E-state index contributed by atoms with van der Waals surface area (Å²) < 4.78 is 12.7. The summed E-state index contributed by atoms with van der Waals surface area (Å²) >= 11 is 0. The standard InChI is InChI=1S/C26H36O4/c1-15(2)22(27)29-26-12-18-5-19(13-26)11-25(10-18,14-26)23(28)30-24(3)20-6-16-4-17(8-20)9-21(24)7-16/h16-21H,1,4-14H2,2-3H3. The van der Waals surface area contributed by atoms with E-state index in [-0.39, 0.29) is 17.5 Å². The van der Waals surface area contributed by atoms with E-state index in [1.54, 1.807) is 6.92 Å². The normalized spacial score (nSPS) is 52.3. The number of ether oxygens (including phenoxy) is 2. The third-order valence-electron chi connectivity index (χ3n) is 10.2. The van der Waals surface area contributed by atoms with E-state index in [0.29, 0.717) is 35.7 Å². The first-order valence-electron chi connectivity index (χ1n) is 12.3. The number of carbonyl (C=O) groups is 2. The van der Waals surface area contributed by atoms with Crippen LogP contribution in [0.4, 0.5) is 0 Å². The molecular formula is C26H36O4. The molecule has 0 heterocycles. The molecule has 0 spiro atoms. The van der Waals surface area contributed by atoms with Crippen molar-refractivity contribution in [2.24, 2.45) is 40.9 Å². The molecule has 8 fully saturated rings.